The molecule has 0 unspecified atom stereocenters. The second kappa shape index (κ2) is 34.8. The van der Waals surface area contributed by atoms with Gasteiger partial charge in [-0.05, 0) is 12.8 Å². The Morgan fingerprint density at radius 1 is 0.429 bits per heavy atom. The minimum atomic E-state index is -4.67. The van der Waals surface area contributed by atoms with Gasteiger partial charge in [0.1, 0.15) is 0 Å². The first kappa shape index (κ1) is 40.3. The molecule has 0 amide bonds. The molecule has 0 rings (SSSR count). The van der Waals surface area contributed by atoms with Crippen LogP contribution in [0.15, 0.2) is 0 Å². The third-order valence-electron chi connectivity index (χ3n) is 6.28. The van der Waals surface area contributed by atoms with Crippen LogP contribution in [0.25, 0.3) is 0 Å². The zero-order valence-electron chi connectivity index (χ0n) is 22.9. The Bertz CT molecular complexity index is 426. The van der Waals surface area contributed by atoms with Crippen LogP contribution in [0.2, 0.25) is 0 Å². The Kier molecular flexibility index (Phi) is 40.1. The van der Waals surface area contributed by atoms with Gasteiger partial charge in [0, 0.05) is 13.2 Å². The second-order valence-electron chi connectivity index (χ2n) is 9.84. The molecular weight excluding hydrogens is 471 g/mol. The quantitative estimate of drug-likeness (QED) is 0.0659. The summed E-state index contributed by atoms with van der Waals surface area (Å²) in [6, 6.07) is 0. The zero-order valence-corrected chi connectivity index (χ0v) is 23.7. The molecular formula is C28H61NaO5S. The van der Waals surface area contributed by atoms with E-state index >= 15 is 0 Å². The van der Waals surface area contributed by atoms with Gasteiger partial charge < -0.3 is 4.74 Å². The van der Waals surface area contributed by atoms with Crippen molar-refractivity contribution in [1.29, 1.82) is 0 Å². The van der Waals surface area contributed by atoms with E-state index < -0.39 is 10.4 Å². The predicted molar refractivity (Wildman–Crippen MR) is 154 cm³/mol. The van der Waals surface area contributed by atoms with Gasteiger partial charge in [-0.25, -0.2) is 0 Å². The minimum absolute atomic E-state index is 0. The molecule has 0 aliphatic heterocycles. The van der Waals surface area contributed by atoms with Crippen LogP contribution in [0.1, 0.15) is 168 Å². The van der Waals surface area contributed by atoms with Gasteiger partial charge in [-0.3, -0.25) is 9.11 Å². The molecule has 5 nitrogen and oxygen atoms in total. The predicted octanol–water partition coefficient (Wildman–Crippen LogP) is 9.10. The molecule has 0 heterocycles. The molecule has 2 N–H and O–H groups in total. The fourth-order valence-electron chi connectivity index (χ4n) is 4.19. The first-order valence-corrected chi connectivity index (χ1v) is 16.1. The van der Waals surface area contributed by atoms with Crippen LogP contribution in [-0.4, -0.2) is 60.3 Å². The summed E-state index contributed by atoms with van der Waals surface area (Å²) in [5.74, 6) is 0. The molecule has 0 radical (unpaired) electrons. The van der Waals surface area contributed by atoms with Gasteiger partial charge >= 0.3 is 40.0 Å². The SMILES string of the molecule is CCCCCCCCCCCCCCOCCCCCCCCCCCCCC.O=S(=O)(O)O.[NaH]. The van der Waals surface area contributed by atoms with E-state index in [0.29, 0.717) is 0 Å². The van der Waals surface area contributed by atoms with Crippen LogP contribution < -0.4 is 0 Å². The van der Waals surface area contributed by atoms with Crippen molar-refractivity contribution in [3.05, 3.63) is 0 Å². The molecule has 0 spiro atoms. The second-order valence-corrected chi connectivity index (χ2v) is 10.7. The van der Waals surface area contributed by atoms with Gasteiger partial charge in [0.25, 0.3) is 0 Å². The van der Waals surface area contributed by atoms with Crippen LogP contribution in [-0.2, 0) is 15.1 Å². The maximum absolute atomic E-state index is 8.74. The van der Waals surface area contributed by atoms with Crippen molar-refractivity contribution in [3.63, 3.8) is 0 Å². The number of hydrogen-bond donors (Lipinski definition) is 2. The number of ether oxygens (including phenoxy) is 1. The summed E-state index contributed by atoms with van der Waals surface area (Å²) < 4.78 is 37.4. The van der Waals surface area contributed by atoms with Crippen molar-refractivity contribution in [2.75, 3.05) is 13.2 Å². The van der Waals surface area contributed by atoms with E-state index in [1.165, 1.54) is 154 Å². The van der Waals surface area contributed by atoms with E-state index in [-0.39, 0.29) is 29.6 Å². The van der Waals surface area contributed by atoms with Gasteiger partial charge in [-0.2, -0.15) is 8.42 Å². The fourth-order valence-corrected chi connectivity index (χ4v) is 4.19. The summed E-state index contributed by atoms with van der Waals surface area (Å²) in [5.41, 5.74) is 0. The molecule has 0 aromatic heterocycles. The molecule has 0 saturated heterocycles. The van der Waals surface area contributed by atoms with Gasteiger partial charge in [-0.1, -0.05) is 155 Å². The van der Waals surface area contributed by atoms with Crippen molar-refractivity contribution in [2.45, 2.75) is 168 Å². The average molecular weight is 533 g/mol. The molecule has 0 atom stereocenters. The van der Waals surface area contributed by atoms with Crippen molar-refractivity contribution in [3.8, 4) is 0 Å². The topological polar surface area (TPSA) is 83.8 Å². The van der Waals surface area contributed by atoms with Gasteiger partial charge in [0.05, 0.1) is 0 Å². The molecule has 0 aliphatic rings. The Morgan fingerprint density at radius 2 is 0.600 bits per heavy atom. The summed E-state index contributed by atoms with van der Waals surface area (Å²) >= 11 is 0. The number of hydrogen-bond acceptors (Lipinski definition) is 3. The standard InChI is InChI=1S/C28H58O.Na.H2O4S.H/c1-3-5-7-9-11-13-15-17-19-21-23-25-27-29-28-26-24-22-20-18-16-14-12-10-8-6-4-2;;1-5(2,3)4;/h3-28H2,1-2H3;;(H2,1,2,3,4);. The van der Waals surface area contributed by atoms with E-state index in [0.717, 1.165) is 13.2 Å². The third kappa shape index (κ3) is 52.1. The Hall–Kier alpha value is 0.830. The first-order chi connectivity index (χ1) is 16.4. The summed E-state index contributed by atoms with van der Waals surface area (Å²) in [5, 5.41) is 0. The van der Waals surface area contributed by atoms with Crippen molar-refractivity contribution < 1.29 is 22.3 Å². The van der Waals surface area contributed by atoms with Gasteiger partial charge in [0.15, 0.2) is 0 Å². The number of rotatable bonds is 26. The van der Waals surface area contributed by atoms with E-state index in [2.05, 4.69) is 13.8 Å². The summed E-state index contributed by atoms with van der Waals surface area (Å²) in [6.07, 6.45) is 34.1. The van der Waals surface area contributed by atoms with Crippen LogP contribution in [0, 0.1) is 0 Å². The van der Waals surface area contributed by atoms with E-state index in [1.54, 1.807) is 0 Å². The van der Waals surface area contributed by atoms with Gasteiger partial charge in [-0.15, -0.1) is 0 Å². The summed E-state index contributed by atoms with van der Waals surface area (Å²) in [6.45, 7) is 6.58. The number of unbranched alkanes of at least 4 members (excludes halogenated alkanes) is 22. The first-order valence-electron chi connectivity index (χ1n) is 14.7. The zero-order chi connectivity index (χ0) is 25.6. The van der Waals surface area contributed by atoms with E-state index in [9.17, 15) is 0 Å². The molecule has 7 heteroatoms. The van der Waals surface area contributed by atoms with Crippen LogP contribution >= 0.6 is 0 Å². The average Bonchev–Trinajstić information content (AvgIpc) is 2.78. The summed E-state index contributed by atoms with van der Waals surface area (Å²) in [7, 11) is -4.67. The Morgan fingerprint density at radius 3 is 0.800 bits per heavy atom. The van der Waals surface area contributed by atoms with Crippen molar-refractivity contribution >= 4 is 40.0 Å². The Balaban J connectivity index is -0.00000154. The van der Waals surface area contributed by atoms with Gasteiger partial charge in [0.2, 0.25) is 0 Å². The van der Waals surface area contributed by atoms with Crippen molar-refractivity contribution in [2.24, 2.45) is 0 Å². The third-order valence-corrected chi connectivity index (χ3v) is 6.28. The van der Waals surface area contributed by atoms with Crippen LogP contribution in [0.4, 0.5) is 0 Å². The molecule has 0 saturated carbocycles. The Labute approximate surface area is 242 Å². The van der Waals surface area contributed by atoms with Crippen LogP contribution in [0.5, 0.6) is 0 Å². The van der Waals surface area contributed by atoms with E-state index in [4.69, 9.17) is 22.3 Å². The van der Waals surface area contributed by atoms with Crippen LogP contribution in [0.3, 0.4) is 0 Å². The molecule has 210 valence electrons. The molecule has 35 heavy (non-hydrogen) atoms. The molecule has 0 aromatic carbocycles. The monoisotopic (exact) mass is 532 g/mol. The molecule has 0 aromatic rings. The molecule has 0 bridgehead atoms. The summed E-state index contributed by atoms with van der Waals surface area (Å²) in [4.78, 5) is 0. The van der Waals surface area contributed by atoms with Crippen molar-refractivity contribution in [1.82, 2.24) is 0 Å². The molecule has 0 fully saturated rings. The maximum atomic E-state index is 8.74. The molecule has 0 aliphatic carbocycles. The van der Waals surface area contributed by atoms with E-state index in [1.807, 2.05) is 0 Å². The fraction of sp³-hybridized carbons (Fsp3) is 1.00. The normalized spacial score (nSPS) is 11.1.